The lowest BCUT2D eigenvalue weighted by Crippen LogP contribution is -2.41. The van der Waals surface area contributed by atoms with Crippen LogP contribution in [-0.2, 0) is 4.79 Å². The van der Waals surface area contributed by atoms with Crippen molar-refractivity contribution in [3.05, 3.63) is 52.4 Å². The maximum absolute atomic E-state index is 12.4. The molecule has 22 heavy (non-hydrogen) atoms. The third-order valence-electron chi connectivity index (χ3n) is 3.65. The van der Waals surface area contributed by atoms with Crippen molar-refractivity contribution in [1.82, 2.24) is 5.32 Å². The second-order valence-corrected chi connectivity index (χ2v) is 6.03. The number of rotatable bonds is 3. The van der Waals surface area contributed by atoms with E-state index in [-0.39, 0.29) is 17.6 Å². The van der Waals surface area contributed by atoms with E-state index in [0.29, 0.717) is 17.6 Å². The Hall–Kier alpha value is -2.08. The van der Waals surface area contributed by atoms with Gasteiger partial charge in [-0.25, -0.2) is 0 Å². The topological polar surface area (TPSA) is 62.6 Å². The standard InChI is InChI=1S/C16H15BrN2O3/c1-10-2-4-11(5-3-10)19-9-8-12(16(19)21)18-15(20)13-6-7-14(17)22-13/h2-7,12H,8-9H2,1H3,(H,18,20)/t12-/m1/s1. The van der Waals surface area contributed by atoms with Crippen LogP contribution < -0.4 is 10.2 Å². The minimum atomic E-state index is -0.516. The van der Waals surface area contributed by atoms with E-state index < -0.39 is 6.04 Å². The molecule has 0 spiro atoms. The average molecular weight is 363 g/mol. The van der Waals surface area contributed by atoms with Gasteiger partial charge in [-0.15, -0.1) is 0 Å². The summed E-state index contributed by atoms with van der Waals surface area (Å²) in [5.41, 5.74) is 2.00. The Balaban J connectivity index is 1.68. The number of halogens is 1. The SMILES string of the molecule is Cc1ccc(N2CC[C@@H](NC(=O)c3ccc(Br)o3)C2=O)cc1. The van der Waals surface area contributed by atoms with Crippen molar-refractivity contribution in [2.45, 2.75) is 19.4 Å². The molecule has 1 atom stereocenters. The van der Waals surface area contributed by atoms with Crippen LogP contribution in [0.3, 0.4) is 0 Å². The van der Waals surface area contributed by atoms with E-state index in [4.69, 9.17) is 4.42 Å². The Kier molecular flexibility index (Phi) is 4.02. The first-order chi connectivity index (χ1) is 10.5. The van der Waals surface area contributed by atoms with Gasteiger partial charge in [0.1, 0.15) is 6.04 Å². The molecule has 1 fully saturated rings. The maximum atomic E-state index is 12.4. The molecule has 0 unspecified atom stereocenters. The number of nitrogens with one attached hydrogen (secondary N) is 1. The summed E-state index contributed by atoms with van der Waals surface area (Å²) >= 11 is 3.15. The Bertz CT molecular complexity index is 708. The lowest BCUT2D eigenvalue weighted by Gasteiger charge is -2.17. The van der Waals surface area contributed by atoms with Crippen LogP contribution in [0.4, 0.5) is 5.69 Å². The van der Waals surface area contributed by atoms with E-state index in [9.17, 15) is 9.59 Å². The predicted molar refractivity (Wildman–Crippen MR) is 85.8 cm³/mol. The van der Waals surface area contributed by atoms with Crippen molar-refractivity contribution in [3.63, 3.8) is 0 Å². The molecular formula is C16H15BrN2O3. The van der Waals surface area contributed by atoms with Crippen LogP contribution in [0.1, 0.15) is 22.5 Å². The van der Waals surface area contributed by atoms with Gasteiger partial charge in [-0.3, -0.25) is 9.59 Å². The average Bonchev–Trinajstić information content (AvgIpc) is 3.08. The van der Waals surface area contributed by atoms with E-state index in [1.165, 1.54) is 0 Å². The highest BCUT2D eigenvalue weighted by Crippen LogP contribution is 2.22. The zero-order valence-corrected chi connectivity index (χ0v) is 13.6. The van der Waals surface area contributed by atoms with Gasteiger partial charge in [0.05, 0.1) is 0 Å². The molecule has 1 aromatic carbocycles. The highest BCUT2D eigenvalue weighted by Gasteiger charge is 2.34. The Morgan fingerprint density at radius 3 is 2.64 bits per heavy atom. The molecule has 0 bridgehead atoms. The normalized spacial score (nSPS) is 17.8. The summed E-state index contributed by atoms with van der Waals surface area (Å²) in [4.78, 5) is 26.2. The van der Waals surface area contributed by atoms with Gasteiger partial charge >= 0.3 is 0 Å². The minimum Gasteiger partial charge on any atom is -0.444 e. The molecule has 114 valence electrons. The van der Waals surface area contributed by atoms with E-state index in [0.717, 1.165) is 11.3 Å². The second kappa shape index (κ2) is 5.96. The van der Waals surface area contributed by atoms with Crippen molar-refractivity contribution in [2.24, 2.45) is 0 Å². The molecule has 2 amide bonds. The molecule has 3 rings (SSSR count). The third kappa shape index (κ3) is 2.92. The van der Waals surface area contributed by atoms with Gasteiger partial charge in [0.25, 0.3) is 5.91 Å². The molecule has 6 heteroatoms. The van der Waals surface area contributed by atoms with Crippen molar-refractivity contribution in [3.8, 4) is 0 Å². The summed E-state index contributed by atoms with van der Waals surface area (Å²) in [5.74, 6) is -0.286. The molecule has 1 aromatic heterocycles. The summed E-state index contributed by atoms with van der Waals surface area (Å²) in [6, 6.07) is 10.5. The van der Waals surface area contributed by atoms with E-state index in [2.05, 4.69) is 21.2 Å². The lowest BCUT2D eigenvalue weighted by atomic mass is 10.2. The lowest BCUT2D eigenvalue weighted by molar-refractivity contribution is -0.118. The quantitative estimate of drug-likeness (QED) is 0.912. The first kappa shape index (κ1) is 14.8. The first-order valence-corrected chi connectivity index (χ1v) is 7.78. The molecule has 5 nitrogen and oxygen atoms in total. The molecule has 1 N–H and O–H groups in total. The fourth-order valence-corrected chi connectivity index (χ4v) is 2.77. The number of anilines is 1. The number of hydrogen-bond donors (Lipinski definition) is 1. The van der Waals surface area contributed by atoms with Crippen molar-refractivity contribution >= 4 is 33.4 Å². The number of aryl methyl sites for hydroxylation is 1. The monoisotopic (exact) mass is 362 g/mol. The minimum absolute atomic E-state index is 0.0946. The van der Waals surface area contributed by atoms with Crippen molar-refractivity contribution in [2.75, 3.05) is 11.4 Å². The van der Waals surface area contributed by atoms with Crippen LogP contribution in [-0.4, -0.2) is 24.4 Å². The Morgan fingerprint density at radius 1 is 1.27 bits per heavy atom. The predicted octanol–water partition coefficient (Wildman–Crippen LogP) is 2.89. The second-order valence-electron chi connectivity index (χ2n) is 5.24. The number of benzene rings is 1. The fourth-order valence-electron chi connectivity index (χ4n) is 2.46. The van der Waals surface area contributed by atoms with Gasteiger partial charge < -0.3 is 14.6 Å². The Morgan fingerprint density at radius 2 is 2.00 bits per heavy atom. The van der Waals surface area contributed by atoms with Crippen LogP contribution in [0, 0.1) is 6.92 Å². The largest absolute Gasteiger partial charge is 0.444 e. The van der Waals surface area contributed by atoms with Gasteiger partial charge in [-0.05, 0) is 53.5 Å². The summed E-state index contributed by atoms with van der Waals surface area (Å²) in [7, 11) is 0. The number of hydrogen-bond acceptors (Lipinski definition) is 3. The van der Waals surface area contributed by atoms with Crippen LogP contribution in [0.15, 0.2) is 45.5 Å². The molecule has 1 saturated heterocycles. The number of carbonyl (C=O) groups excluding carboxylic acids is 2. The summed E-state index contributed by atoms with van der Waals surface area (Å²) in [6.45, 7) is 2.59. The summed E-state index contributed by atoms with van der Waals surface area (Å²) in [6.07, 6.45) is 0.584. The molecule has 2 heterocycles. The van der Waals surface area contributed by atoms with Crippen LogP contribution >= 0.6 is 15.9 Å². The number of carbonyl (C=O) groups is 2. The third-order valence-corrected chi connectivity index (χ3v) is 4.08. The van der Waals surface area contributed by atoms with Gasteiger partial charge in [0.2, 0.25) is 5.91 Å². The number of furan rings is 1. The van der Waals surface area contributed by atoms with E-state index in [1.54, 1.807) is 17.0 Å². The van der Waals surface area contributed by atoms with Crippen LogP contribution in [0.2, 0.25) is 0 Å². The van der Waals surface area contributed by atoms with Crippen molar-refractivity contribution < 1.29 is 14.0 Å². The molecular weight excluding hydrogens is 348 g/mol. The smallest absolute Gasteiger partial charge is 0.287 e. The zero-order chi connectivity index (χ0) is 15.7. The molecule has 2 aromatic rings. The summed E-state index contributed by atoms with van der Waals surface area (Å²) in [5, 5.41) is 2.72. The highest BCUT2D eigenvalue weighted by molar-refractivity contribution is 9.10. The fraction of sp³-hybridized carbons (Fsp3) is 0.250. The van der Waals surface area contributed by atoms with Gasteiger partial charge in [0.15, 0.2) is 10.4 Å². The number of nitrogens with zero attached hydrogens (tertiary/aromatic N) is 1. The van der Waals surface area contributed by atoms with Gasteiger partial charge in [-0.1, -0.05) is 17.7 Å². The molecule has 0 radical (unpaired) electrons. The van der Waals surface area contributed by atoms with Gasteiger partial charge in [0, 0.05) is 12.2 Å². The van der Waals surface area contributed by atoms with Crippen LogP contribution in [0.25, 0.3) is 0 Å². The van der Waals surface area contributed by atoms with Gasteiger partial charge in [-0.2, -0.15) is 0 Å². The highest BCUT2D eigenvalue weighted by atomic mass is 79.9. The first-order valence-electron chi connectivity index (χ1n) is 6.99. The van der Waals surface area contributed by atoms with Crippen LogP contribution in [0.5, 0.6) is 0 Å². The summed E-state index contributed by atoms with van der Waals surface area (Å²) < 4.78 is 5.68. The molecule has 0 aliphatic carbocycles. The maximum Gasteiger partial charge on any atom is 0.287 e. The molecule has 1 aliphatic rings. The van der Waals surface area contributed by atoms with Crippen molar-refractivity contribution in [1.29, 1.82) is 0 Å². The van der Waals surface area contributed by atoms with E-state index in [1.807, 2.05) is 31.2 Å². The molecule has 0 saturated carbocycles. The zero-order valence-electron chi connectivity index (χ0n) is 12.0. The number of amides is 2. The Labute approximate surface area is 136 Å². The van der Waals surface area contributed by atoms with E-state index >= 15 is 0 Å². The molecule has 1 aliphatic heterocycles.